The largest absolute Gasteiger partial charge is 2.00 e. The van der Waals surface area contributed by atoms with E-state index in [1.54, 1.807) is 0 Å². The van der Waals surface area contributed by atoms with E-state index in [0.717, 1.165) is 0 Å². The molecule has 0 fully saturated rings. The standard InChI is InChI=1S/C44H32P2.2CHF3O3S.2H2O.Pt/c1-5-19-35(20-6-1)45(36-21-7-2-8-22-36)41-31-29-33-17-13-15-27-39(33)43(41)44-40-28-16-14-18-34(40)30-32-42(44)46(37-23-9-3-10-24-37)38-25-11-4-12-26-38;2*2-1(3,4)8(5,6)7;;;/h1-32H;2*(H,5,6,7);2*1H2;/q;;;;;+2/p-2. The molecule has 8 rings (SSSR count). The minimum atomic E-state index is -6.09. The Morgan fingerprint density at radius 3 is 0.800 bits per heavy atom. The van der Waals surface area contributed by atoms with E-state index in [-0.39, 0.29) is 32.0 Å². The molecule has 0 aromatic heterocycles. The Bertz CT molecular complexity index is 2730. The molecule has 8 aromatic carbocycles. The van der Waals surface area contributed by atoms with E-state index in [0.29, 0.717) is 0 Å². The smallest absolute Gasteiger partial charge is 0.741 e. The van der Waals surface area contributed by atoms with E-state index >= 15 is 0 Å². The third kappa shape index (κ3) is 13.2. The maximum Gasteiger partial charge on any atom is 2.00 e. The molecule has 0 radical (unpaired) electrons. The predicted octanol–water partition coefficient (Wildman–Crippen LogP) is 7.63. The molecule has 0 amide bonds. The van der Waals surface area contributed by atoms with Crippen molar-refractivity contribution < 1.29 is 84.3 Å². The fourth-order valence-electron chi connectivity index (χ4n) is 6.58. The fraction of sp³-hybridized carbons (Fsp3) is 0.0435. The van der Waals surface area contributed by atoms with E-state index in [9.17, 15) is 26.3 Å². The van der Waals surface area contributed by atoms with Crippen LogP contribution >= 0.6 is 15.8 Å². The van der Waals surface area contributed by atoms with Gasteiger partial charge in [0.1, 0.15) is 0 Å². The van der Waals surface area contributed by atoms with Gasteiger partial charge in [0.15, 0.2) is 20.2 Å². The summed E-state index contributed by atoms with van der Waals surface area (Å²) >= 11 is 0. The first kappa shape index (κ1) is 54.5. The van der Waals surface area contributed by atoms with Crippen LogP contribution in [0.4, 0.5) is 26.3 Å². The van der Waals surface area contributed by atoms with Crippen LogP contribution in [0, 0.1) is 0 Å². The summed E-state index contributed by atoms with van der Waals surface area (Å²) in [5.74, 6) is 0. The summed E-state index contributed by atoms with van der Waals surface area (Å²) in [5, 5.41) is 13.3. The molecule has 0 aliphatic rings. The molecule has 0 heterocycles. The molecule has 0 atom stereocenters. The van der Waals surface area contributed by atoms with Crippen molar-refractivity contribution >= 4 is 89.5 Å². The summed E-state index contributed by atoms with van der Waals surface area (Å²) in [7, 11) is -13.9. The molecule has 0 aliphatic heterocycles. The molecule has 342 valence electrons. The van der Waals surface area contributed by atoms with Gasteiger partial charge in [0.05, 0.1) is 0 Å². The van der Waals surface area contributed by atoms with Gasteiger partial charge in [-0.3, -0.25) is 0 Å². The predicted molar refractivity (Wildman–Crippen MR) is 243 cm³/mol. The first-order valence-corrected chi connectivity index (χ1v) is 23.8. The molecule has 0 saturated heterocycles. The van der Waals surface area contributed by atoms with Crippen molar-refractivity contribution in [2.24, 2.45) is 0 Å². The first-order chi connectivity index (χ1) is 29.4. The Hall–Kier alpha value is -4.85. The average molecular weight is 1150 g/mol. The summed E-state index contributed by atoms with van der Waals surface area (Å²) in [6.07, 6.45) is 0. The van der Waals surface area contributed by atoms with E-state index in [4.69, 9.17) is 25.9 Å². The van der Waals surface area contributed by atoms with Crippen LogP contribution in [-0.4, -0.2) is 47.9 Å². The maximum absolute atomic E-state index is 10.7. The van der Waals surface area contributed by atoms with Crippen LogP contribution in [0.1, 0.15) is 0 Å². The Morgan fingerprint density at radius 1 is 0.354 bits per heavy atom. The maximum atomic E-state index is 10.7. The van der Waals surface area contributed by atoms with Crippen LogP contribution < -0.4 is 31.8 Å². The molecule has 8 nitrogen and oxygen atoms in total. The van der Waals surface area contributed by atoms with Crippen LogP contribution in [-0.2, 0) is 41.3 Å². The normalized spacial score (nSPS) is 11.5. The van der Waals surface area contributed by atoms with Gasteiger partial charge in [-0.05, 0) is 80.3 Å². The Labute approximate surface area is 387 Å². The molecule has 65 heavy (non-hydrogen) atoms. The molecule has 4 N–H and O–H groups in total. The quantitative estimate of drug-likeness (QED) is 0.0686. The van der Waals surface area contributed by atoms with Crippen LogP contribution in [0.3, 0.4) is 0 Å². The van der Waals surface area contributed by atoms with E-state index in [1.165, 1.54) is 64.5 Å². The fourth-order valence-corrected chi connectivity index (χ4v) is 11.5. The van der Waals surface area contributed by atoms with Gasteiger partial charge in [0.25, 0.3) is 0 Å². The van der Waals surface area contributed by atoms with E-state index in [2.05, 4.69) is 194 Å². The molecular weight excluding hydrogens is 1120 g/mol. The topological polar surface area (TPSA) is 177 Å². The van der Waals surface area contributed by atoms with Crippen molar-refractivity contribution in [3.05, 3.63) is 194 Å². The number of benzene rings is 8. The number of hydrogen-bond acceptors (Lipinski definition) is 6. The van der Waals surface area contributed by atoms with Gasteiger partial charge in [0, 0.05) is 0 Å². The van der Waals surface area contributed by atoms with Crippen LogP contribution in [0.15, 0.2) is 194 Å². The van der Waals surface area contributed by atoms with Gasteiger partial charge < -0.3 is 20.1 Å². The molecule has 0 spiro atoms. The summed E-state index contributed by atoms with van der Waals surface area (Å²) in [6, 6.07) is 71.8. The van der Waals surface area contributed by atoms with Gasteiger partial charge >= 0.3 is 32.1 Å². The van der Waals surface area contributed by atoms with Crippen LogP contribution in [0.2, 0.25) is 0 Å². The Balaban J connectivity index is 0.000000508. The van der Waals surface area contributed by atoms with E-state index < -0.39 is 47.1 Å². The summed E-state index contributed by atoms with van der Waals surface area (Å²) in [6.45, 7) is 0. The van der Waals surface area contributed by atoms with Crippen molar-refractivity contribution in [2.45, 2.75) is 11.0 Å². The molecule has 0 unspecified atom stereocenters. The Morgan fingerprint density at radius 2 is 0.569 bits per heavy atom. The zero-order valence-corrected chi connectivity index (χ0v) is 38.9. The molecule has 8 aromatic rings. The first-order valence-electron chi connectivity index (χ1n) is 18.3. The minimum Gasteiger partial charge on any atom is -0.741 e. The summed E-state index contributed by atoms with van der Waals surface area (Å²) < 4.78 is 118. The minimum absolute atomic E-state index is 0. The van der Waals surface area contributed by atoms with Crippen molar-refractivity contribution in [2.75, 3.05) is 0 Å². The SMILES string of the molecule is O.O.O=S(=O)([O-])C(F)(F)F.O=S(=O)([O-])C(F)(F)F.[Pt+2].c1ccc(P(c2ccccc2)c2ccc3ccccc3c2-c2c(P(c3ccccc3)c3ccccc3)ccc3ccccc23)cc1. The molecule has 19 heteroatoms. The third-order valence-electron chi connectivity index (χ3n) is 9.17. The number of fused-ring (bicyclic) bond motifs is 2. The molecule has 0 saturated carbocycles. The van der Waals surface area contributed by atoms with Gasteiger partial charge in [-0.1, -0.05) is 194 Å². The summed E-state index contributed by atoms with van der Waals surface area (Å²) in [5.41, 5.74) is -8.59. The van der Waals surface area contributed by atoms with Crippen molar-refractivity contribution in [3.63, 3.8) is 0 Å². The molecule has 0 bridgehead atoms. The second-order valence-electron chi connectivity index (χ2n) is 13.2. The summed E-state index contributed by atoms with van der Waals surface area (Å²) in [4.78, 5) is 0. The van der Waals surface area contributed by atoms with Crippen molar-refractivity contribution in [3.8, 4) is 11.1 Å². The third-order valence-corrected chi connectivity index (χ3v) is 15.3. The zero-order valence-electron chi connectivity index (χ0n) is 33.2. The second kappa shape index (κ2) is 23.0. The molecule has 0 aliphatic carbocycles. The Kier molecular flexibility index (Phi) is 19.3. The van der Waals surface area contributed by atoms with E-state index in [1.807, 2.05) is 0 Å². The van der Waals surface area contributed by atoms with Gasteiger partial charge in [-0.15, -0.1) is 0 Å². The monoisotopic (exact) mass is 1150 g/mol. The molecular formula is C46H36F6O8P2PtS2. The average Bonchev–Trinajstić information content (AvgIpc) is 3.24. The number of alkyl halides is 6. The van der Waals surface area contributed by atoms with Gasteiger partial charge in [-0.25, -0.2) is 16.8 Å². The second-order valence-corrected chi connectivity index (χ2v) is 20.3. The number of hydrogen-bond donors (Lipinski definition) is 0. The van der Waals surface area contributed by atoms with Gasteiger partial charge in [-0.2, -0.15) is 26.3 Å². The zero-order chi connectivity index (χ0) is 44.7. The van der Waals surface area contributed by atoms with Crippen LogP contribution in [0.5, 0.6) is 0 Å². The van der Waals surface area contributed by atoms with Crippen LogP contribution in [0.25, 0.3) is 32.7 Å². The van der Waals surface area contributed by atoms with Crippen molar-refractivity contribution in [1.29, 1.82) is 0 Å². The van der Waals surface area contributed by atoms with Gasteiger partial charge in [0.2, 0.25) is 0 Å². The van der Waals surface area contributed by atoms with Crippen molar-refractivity contribution in [1.82, 2.24) is 0 Å². The number of rotatable bonds is 7. The number of halogens is 6.